The lowest BCUT2D eigenvalue weighted by atomic mass is 9.47. The fourth-order valence-electron chi connectivity index (χ4n) is 7.13. The predicted molar refractivity (Wildman–Crippen MR) is 111 cm³/mol. The van der Waals surface area contributed by atoms with Crippen molar-refractivity contribution in [3.8, 4) is 11.5 Å². The first-order valence-electron chi connectivity index (χ1n) is 10.9. The third-order valence-corrected chi connectivity index (χ3v) is 8.20. The van der Waals surface area contributed by atoms with Gasteiger partial charge in [0.2, 0.25) is 0 Å². The summed E-state index contributed by atoms with van der Waals surface area (Å²) in [5.41, 5.74) is -0.603. The average molecular weight is 415 g/mol. The standard InChI is InChI=1S/C23H30N2O5/c1-5-14-8-13-11-22(21(27)30-4)19(14)25(12-13)7-6-23(22)20(26)15-9-17(28-2)18(29-3)10-16(15)24-23/h9-10,13-14,19,24H,5-8,11-12H2,1-4H3/t13-,14+,19+,22-,23-/m1/s1. The van der Waals surface area contributed by atoms with E-state index >= 15 is 0 Å². The highest BCUT2D eigenvalue weighted by atomic mass is 16.5. The van der Waals surface area contributed by atoms with Crippen molar-refractivity contribution in [3.63, 3.8) is 0 Å². The van der Waals surface area contributed by atoms with E-state index in [1.165, 1.54) is 7.11 Å². The van der Waals surface area contributed by atoms with Gasteiger partial charge in [0.15, 0.2) is 17.3 Å². The minimum Gasteiger partial charge on any atom is -0.493 e. The predicted octanol–water partition coefficient (Wildman–Crippen LogP) is 2.73. The van der Waals surface area contributed by atoms with E-state index in [2.05, 4.69) is 17.1 Å². The van der Waals surface area contributed by atoms with Gasteiger partial charge < -0.3 is 19.5 Å². The number of nitrogens with zero attached hydrogens (tertiary/aromatic N) is 1. The fraction of sp³-hybridized carbons (Fsp3) is 0.652. The number of benzene rings is 1. The van der Waals surface area contributed by atoms with Crippen LogP contribution in [0.25, 0.3) is 0 Å². The number of methoxy groups -OCH3 is 3. The van der Waals surface area contributed by atoms with Gasteiger partial charge in [-0.2, -0.15) is 0 Å². The minimum absolute atomic E-state index is 0.0169. The first-order valence-corrected chi connectivity index (χ1v) is 10.9. The Balaban J connectivity index is 1.69. The van der Waals surface area contributed by atoms with Crippen LogP contribution in [0, 0.1) is 17.3 Å². The van der Waals surface area contributed by atoms with E-state index in [0.29, 0.717) is 47.4 Å². The maximum atomic E-state index is 14.1. The molecule has 1 aromatic carbocycles. The molecule has 0 amide bonds. The van der Waals surface area contributed by atoms with E-state index in [4.69, 9.17) is 14.2 Å². The SMILES string of the molecule is CC[C@H]1C[C@H]2CN3CC[C@]4(Nc5cc(OC)c(OC)cc5C4=O)[C@](C(=O)OC)(C2)[C@H]13. The molecule has 7 heteroatoms. The van der Waals surface area contributed by atoms with Crippen LogP contribution in [-0.4, -0.2) is 62.7 Å². The second kappa shape index (κ2) is 6.61. The molecule has 1 unspecified atom stereocenters. The molecule has 162 valence electrons. The molecule has 0 aromatic heterocycles. The summed E-state index contributed by atoms with van der Waals surface area (Å²) < 4.78 is 16.3. The number of Topliss-reactive ketones (excluding diaryl/α,β-unsaturated/α-hetero) is 1. The number of nitrogens with one attached hydrogen (secondary N) is 1. The number of hydrogen-bond acceptors (Lipinski definition) is 7. The summed E-state index contributed by atoms with van der Waals surface area (Å²) in [5, 5.41) is 3.55. The van der Waals surface area contributed by atoms with Gasteiger partial charge in [-0.1, -0.05) is 13.3 Å². The summed E-state index contributed by atoms with van der Waals surface area (Å²) in [6.07, 6.45) is 3.39. The summed E-state index contributed by atoms with van der Waals surface area (Å²) in [6.45, 7) is 4.00. The third-order valence-electron chi connectivity index (χ3n) is 8.20. The number of carbonyl (C=O) groups is 2. The number of carbonyl (C=O) groups excluding carboxylic acids is 2. The highest BCUT2D eigenvalue weighted by Gasteiger charge is 2.74. The largest absolute Gasteiger partial charge is 0.493 e. The van der Waals surface area contributed by atoms with Gasteiger partial charge in [0.1, 0.15) is 11.0 Å². The lowest BCUT2D eigenvalue weighted by Gasteiger charge is -2.66. The maximum Gasteiger partial charge on any atom is 0.316 e. The lowest BCUT2D eigenvalue weighted by Crippen LogP contribution is -2.79. The fourth-order valence-corrected chi connectivity index (χ4v) is 7.13. The van der Waals surface area contributed by atoms with Gasteiger partial charge in [0.05, 0.1) is 21.3 Å². The molecule has 3 saturated heterocycles. The third kappa shape index (κ3) is 2.19. The first-order chi connectivity index (χ1) is 14.5. The number of esters is 1. The molecule has 1 spiro atoms. The Hall–Kier alpha value is -2.28. The zero-order chi connectivity index (χ0) is 21.3. The van der Waals surface area contributed by atoms with Crippen LogP contribution in [-0.2, 0) is 9.53 Å². The summed E-state index contributed by atoms with van der Waals surface area (Å²) in [4.78, 5) is 30.1. The van der Waals surface area contributed by atoms with Crippen LogP contribution in [0.5, 0.6) is 11.5 Å². The zero-order valence-electron chi connectivity index (χ0n) is 18.1. The second-order valence-electron chi connectivity index (χ2n) is 9.24. The average Bonchev–Trinajstić information content (AvgIpc) is 3.06. The van der Waals surface area contributed by atoms with E-state index in [9.17, 15) is 9.59 Å². The minimum atomic E-state index is -0.993. The number of fused-ring (bicyclic) bond motifs is 2. The Kier molecular flexibility index (Phi) is 4.33. The Morgan fingerprint density at radius 3 is 2.63 bits per heavy atom. The highest BCUT2D eigenvalue weighted by Crippen LogP contribution is 2.63. The molecule has 1 saturated carbocycles. The molecule has 6 atom stereocenters. The van der Waals surface area contributed by atoms with E-state index in [0.717, 1.165) is 25.9 Å². The monoisotopic (exact) mass is 414 g/mol. The quantitative estimate of drug-likeness (QED) is 0.759. The molecule has 0 radical (unpaired) electrons. The van der Waals surface area contributed by atoms with E-state index in [1.807, 2.05) is 6.07 Å². The molecule has 6 rings (SSSR count). The van der Waals surface area contributed by atoms with Crippen LogP contribution in [0.2, 0.25) is 0 Å². The molecule has 4 bridgehead atoms. The van der Waals surface area contributed by atoms with Gasteiger partial charge in [-0.15, -0.1) is 0 Å². The van der Waals surface area contributed by atoms with Crippen molar-refractivity contribution >= 4 is 17.4 Å². The van der Waals surface area contributed by atoms with Crippen LogP contribution < -0.4 is 14.8 Å². The molecule has 4 aliphatic heterocycles. The molecular weight excluding hydrogens is 384 g/mol. The van der Waals surface area contributed by atoms with E-state index < -0.39 is 11.0 Å². The van der Waals surface area contributed by atoms with Gasteiger partial charge >= 0.3 is 5.97 Å². The Morgan fingerprint density at radius 2 is 1.97 bits per heavy atom. The zero-order valence-corrected chi connectivity index (χ0v) is 18.1. The molecule has 4 fully saturated rings. The second-order valence-corrected chi connectivity index (χ2v) is 9.24. The molecule has 1 aromatic rings. The summed E-state index contributed by atoms with van der Waals surface area (Å²) in [7, 11) is 4.59. The van der Waals surface area contributed by atoms with E-state index in [-0.39, 0.29) is 17.8 Å². The molecule has 1 aliphatic carbocycles. The van der Waals surface area contributed by atoms with Gasteiger partial charge in [0, 0.05) is 36.4 Å². The van der Waals surface area contributed by atoms with Crippen LogP contribution in [0.15, 0.2) is 12.1 Å². The Labute approximate surface area is 177 Å². The van der Waals surface area contributed by atoms with Crippen LogP contribution in [0.4, 0.5) is 5.69 Å². The van der Waals surface area contributed by atoms with Crippen molar-refractivity contribution in [2.24, 2.45) is 17.3 Å². The smallest absolute Gasteiger partial charge is 0.316 e. The summed E-state index contributed by atoms with van der Waals surface area (Å²) in [6, 6.07) is 3.58. The van der Waals surface area contributed by atoms with E-state index in [1.54, 1.807) is 20.3 Å². The van der Waals surface area contributed by atoms with Crippen molar-refractivity contribution in [3.05, 3.63) is 17.7 Å². The van der Waals surface area contributed by atoms with Crippen molar-refractivity contribution in [2.45, 2.75) is 44.2 Å². The summed E-state index contributed by atoms with van der Waals surface area (Å²) >= 11 is 0. The first kappa shape index (κ1) is 19.7. The van der Waals surface area contributed by atoms with Crippen molar-refractivity contribution in [2.75, 3.05) is 39.7 Å². The number of ether oxygens (including phenoxy) is 3. The Morgan fingerprint density at radius 1 is 1.23 bits per heavy atom. The number of anilines is 1. The molecule has 5 aliphatic rings. The van der Waals surface area contributed by atoms with Crippen LogP contribution in [0.1, 0.15) is 43.0 Å². The maximum absolute atomic E-state index is 14.1. The van der Waals surface area contributed by atoms with Gasteiger partial charge in [-0.05, 0) is 37.2 Å². The summed E-state index contributed by atoms with van der Waals surface area (Å²) in [5.74, 6) is 1.59. The normalized spacial score (nSPS) is 38.2. The van der Waals surface area contributed by atoms with Gasteiger partial charge in [0.25, 0.3) is 0 Å². The molecular formula is C23H30N2O5. The molecule has 30 heavy (non-hydrogen) atoms. The number of ketones is 1. The van der Waals surface area contributed by atoms with Gasteiger partial charge in [-0.3, -0.25) is 14.5 Å². The number of hydrogen-bond donors (Lipinski definition) is 1. The number of piperidine rings is 3. The Bertz CT molecular complexity index is 909. The topological polar surface area (TPSA) is 77.1 Å². The highest BCUT2D eigenvalue weighted by molar-refractivity contribution is 6.17. The molecule has 7 nitrogen and oxygen atoms in total. The lowest BCUT2D eigenvalue weighted by molar-refractivity contribution is -0.193. The van der Waals surface area contributed by atoms with Crippen LogP contribution >= 0.6 is 0 Å². The molecule has 1 N–H and O–H groups in total. The van der Waals surface area contributed by atoms with Crippen LogP contribution in [0.3, 0.4) is 0 Å². The number of rotatable bonds is 4. The van der Waals surface area contributed by atoms with Crippen molar-refractivity contribution in [1.82, 2.24) is 4.90 Å². The van der Waals surface area contributed by atoms with Crippen molar-refractivity contribution < 1.29 is 23.8 Å². The van der Waals surface area contributed by atoms with Crippen molar-refractivity contribution in [1.29, 1.82) is 0 Å². The molecule has 4 heterocycles. The van der Waals surface area contributed by atoms with Gasteiger partial charge in [-0.25, -0.2) is 0 Å².